The van der Waals surface area contributed by atoms with E-state index in [0.29, 0.717) is 0 Å². The maximum absolute atomic E-state index is 2.54. The molecule has 0 heterocycles. The Labute approximate surface area is 343 Å². The van der Waals surface area contributed by atoms with Crippen molar-refractivity contribution in [3.05, 3.63) is 209 Å². The molecule has 0 aliphatic heterocycles. The average Bonchev–Trinajstić information content (AvgIpc) is 3.74. The van der Waals surface area contributed by atoms with Crippen LogP contribution >= 0.6 is 0 Å². The smallest absolute Gasteiger partial charge is 0.0540 e. The van der Waals surface area contributed by atoms with E-state index in [-0.39, 0.29) is 16.2 Å². The van der Waals surface area contributed by atoms with E-state index in [2.05, 4.69) is 222 Å². The first-order chi connectivity index (χ1) is 28.1. The number of benzene rings is 8. The van der Waals surface area contributed by atoms with E-state index in [4.69, 9.17) is 0 Å². The second-order valence-electron chi connectivity index (χ2n) is 18.1. The molecule has 0 saturated carbocycles. The van der Waals surface area contributed by atoms with Gasteiger partial charge in [0.15, 0.2) is 0 Å². The second kappa shape index (κ2) is 12.3. The molecule has 0 amide bonds. The Bertz CT molecular complexity index is 2970. The molecule has 0 unspecified atom stereocenters. The third kappa shape index (κ3) is 4.77. The molecule has 280 valence electrons. The van der Waals surface area contributed by atoms with Crippen LogP contribution in [0.15, 0.2) is 176 Å². The topological polar surface area (TPSA) is 3.24 Å². The summed E-state index contributed by atoms with van der Waals surface area (Å²) in [6, 6.07) is 66.1. The number of hydrogen-bond donors (Lipinski definition) is 0. The molecule has 0 spiro atoms. The molecule has 0 atom stereocenters. The van der Waals surface area contributed by atoms with Crippen LogP contribution in [0.1, 0.15) is 74.9 Å². The molecule has 3 aliphatic rings. The number of nitrogens with zero attached hydrogens (tertiary/aromatic N) is 1. The zero-order chi connectivity index (χ0) is 39.6. The first-order valence-electron chi connectivity index (χ1n) is 20.8. The third-order valence-electron chi connectivity index (χ3n) is 13.9. The summed E-state index contributed by atoms with van der Waals surface area (Å²) in [6.45, 7) is 14.3. The van der Waals surface area contributed by atoms with E-state index in [9.17, 15) is 0 Å². The van der Waals surface area contributed by atoms with E-state index >= 15 is 0 Å². The molecule has 11 rings (SSSR count). The van der Waals surface area contributed by atoms with Crippen molar-refractivity contribution in [1.82, 2.24) is 0 Å². The van der Waals surface area contributed by atoms with Crippen LogP contribution in [0.5, 0.6) is 0 Å². The highest BCUT2D eigenvalue weighted by atomic mass is 15.1. The van der Waals surface area contributed by atoms with Crippen LogP contribution < -0.4 is 4.90 Å². The van der Waals surface area contributed by atoms with Gasteiger partial charge in [0.05, 0.1) is 11.4 Å². The molecule has 58 heavy (non-hydrogen) atoms. The highest BCUT2D eigenvalue weighted by Gasteiger charge is 2.41. The molecule has 0 aromatic heterocycles. The van der Waals surface area contributed by atoms with Gasteiger partial charge in [0, 0.05) is 27.5 Å². The molecule has 0 saturated heterocycles. The lowest BCUT2D eigenvalue weighted by Gasteiger charge is -2.34. The lowest BCUT2D eigenvalue weighted by Crippen LogP contribution is -2.21. The molecule has 0 N–H and O–H groups in total. The summed E-state index contributed by atoms with van der Waals surface area (Å²) < 4.78 is 0. The van der Waals surface area contributed by atoms with Crippen LogP contribution in [0.25, 0.3) is 55.6 Å². The first-order valence-corrected chi connectivity index (χ1v) is 20.8. The monoisotopic (exact) mass is 745 g/mol. The lowest BCUT2D eigenvalue weighted by atomic mass is 9.78. The van der Waals surface area contributed by atoms with Gasteiger partial charge in [0.25, 0.3) is 0 Å². The van der Waals surface area contributed by atoms with Crippen LogP contribution in [-0.4, -0.2) is 0 Å². The second-order valence-corrected chi connectivity index (χ2v) is 18.1. The van der Waals surface area contributed by atoms with Crippen molar-refractivity contribution in [3.63, 3.8) is 0 Å². The number of anilines is 3. The molecular formula is C57H47N. The van der Waals surface area contributed by atoms with E-state index in [1.807, 2.05) is 0 Å². The SMILES string of the molecule is CC1(C)c2ccccc2-c2ccc(-c3ccc(N(c4ccccc4-c4cccc5c4C(C)(C)c4ccccc4-5)c4cccc5c4C(C)(C)c4ccccc4-5)cc3)cc21. The Hall–Kier alpha value is -6.44. The lowest BCUT2D eigenvalue weighted by molar-refractivity contribution is 0.660. The number of para-hydroxylation sites is 1. The largest absolute Gasteiger partial charge is 0.310 e. The highest BCUT2D eigenvalue weighted by Crippen LogP contribution is 2.57. The van der Waals surface area contributed by atoms with Crippen molar-refractivity contribution in [2.45, 2.75) is 57.8 Å². The van der Waals surface area contributed by atoms with Crippen LogP contribution in [0.3, 0.4) is 0 Å². The molecule has 8 aromatic carbocycles. The van der Waals surface area contributed by atoms with Gasteiger partial charge < -0.3 is 4.90 Å². The zero-order valence-electron chi connectivity index (χ0n) is 34.2. The minimum atomic E-state index is -0.192. The molecule has 0 radical (unpaired) electrons. The summed E-state index contributed by atoms with van der Waals surface area (Å²) >= 11 is 0. The molecule has 0 fully saturated rings. The van der Waals surface area contributed by atoms with Gasteiger partial charge in [-0.25, -0.2) is 0 Å². The Kier molecular flexibility index (Phi) is 7.36. The summed E-state index contributed by atoms with van der Waals surface area (Å²) in [6.07, 6.45) is 0. The van der Waals surface area contributed by atoms with Crippen LogP contribution in [-0.2, 0) is 16.2 Å². The predicted octanol–water partition coefficient (Wildman–Crippen LogP) is 15.4. The summed E-state index contributed by atoms with van der Waals surface area (Å²) in [5.74, 6) is 0. The number of fused-ring (bicyclic) bond motifs is 9. The van der Waals surface area contributed by atoms with E-state index < -0.39 is 0 Å². The normalized spacial score (nSPS) is 15.5. The van der Waals surface area contributed by atoms with Gasteiger partial charge >= 0.3 is 0 Å². The predicted molar refractivity (Wildman–Crippen MR) is 245 cm³/mol. The van der Waals surface area contributed by atoms with Crippen molar-refractivity contribution >= 4 is 17.1 Å². The van der Waals surface area contributed by atoms with Crippen molar-refractivity contribution < 1.29 is 0 Å². The molecule has 8 aromatic rings. The van der Waals surface area contributed by atoms with Crippen LogP contribution in [0, 0.1) is 0 Å². The van der Waals surface area contributed by atoms with Gasteiger partial charge in [0.2, 0.25) is 0 Å². The van der Waals surface area contributed by atoms with Gasteiger partial charge in [0.1, 0.15) is 0 Å². The molecule has 1 heteroatoms. The third-order valence-corrected chi connectivity index (χ3v) is 13.9. The van der Waals surface area contributed by atoms with Crippen molar-refractivity contribution in [2.24, 2.45) is 0 Å². The minimum Gasteiger partial charge on any atom is -0.310 e. The fourth-order valence-corrected chi connectivity index (χ4v) is 11.1. The van der Waals surface area contributed by atoms with Crippen molar-refractivity contribution in [1.29, 1.82) is 0 Å². The number of hydrogen-bond acceptors (Lipinski definition) is 1. The highest BCUT2D eigenvalue weighted by molar-refractivity contribution is 5.97. The minimum absolute atomic E-state index is 0.0476. The summed E-state index contributed by atoms with van der Waals surface area (Å²) in [5, 5.41) is 0. The molecule has 1 nitrogen and oxygen atoms in total. The summed E-state index contributed by atoms with van der Waals surface area (Å²) in [4.78, 5) is 2.54. The Balaban J connectivity index is 1.10. The van der Waals surface area contributed by atoms with Gasteiger partial charge in [-0.05, 0) is 114 Å². The van der Waals surface area contributed by atoms with Crippen molar-refractivity contribution in [3.8, 4) is 55.6 Å². The van der Waals surface area contributed by atoms with Gasteiger partial charge in [-0.1, -0.05) is 187 Å². The maximum Gasteiger partial charge on any atom is 0.0540 e. The maximum atomic E-state index is 2.54. The fraction of sp³-hybridized carbons (Fsp3) is 0.158. The molecule has 0 bridgehead atoms. The van der Waals surface area contributed by atoms with Gasteiger partial charge in [-0.15, -0.1) is 0 Å². The zero-order valence-corrected chi connectivity index (χ0v) is 34.2. The van der Waals surface area contributed by atoms with E-state index in [1.54, 1.807) is 0 Å². The first kappa shape index (κ1) is 34.8. The van der Waals surface area contributed by atoms with Gasteiger partial charge in [-0.2, -0.15) is 0 Å². The van der Waals surface area contributed by atoms with E-state index in [0.717, 1.165) is 5.69 Å². The number of rotatable bonds is 5. The Morgan fingerprint density at radius 3 is 1.34 bits per heavy atom. The fourth-order valence-electron chi connectivity index (χ4n) is 11.1. The summed E-state index contributed by atoms with van der Waals surface area (Å²) in [7, 11) is 0. The molecular weight excluding hydrogens is 699 g/mol. The van der Waals surface area contributed by atoms with Crippen molar-refractivity contribution in [2.75, 3.05) is 4.90 Å². The van der Waals surface area contributed by atoms with E-state index in [1.165, 1.54) is 100 Å². The Morgan fingerprint density at radius 2 is 0.707 bits per heavy atom. The molecule has 3 aliphatic carbocycles. The summed E-state index contributed by atoms with van der Waals surface area (Å²) in [5.41, 5.74) is 24.5. The van der Waals surface area contributed by atoms with Gasteiger partial charge in [-0.3, -0.25) is 0 Å². The van der Waals surface area contributed by atoms with Crippen LogP contribution in [0.4, 0.5) is 17.1 Å². The van der Waals surface area contributed by atoms with Crippen LogP contribution in [0.2, 0.25) is 0 Å². The standard InChI is InChI=1S/C57H47N/c1-55(2)47-24-11-7-17-39(47)42-34-31-37(35-50(42)55)36-29-32-38(33-30-36)58(52-28-16-23-45-41-19-9-13-26-49(41)57(5,6)54(45)52)51-27-14-10-20-43(51)46-22-15-21-44-40-18-8-12-25-48(40)56(3,4)53(44)46/h7-35H,1-6H3. The quantitative estimate of drug-likeness (QED) is 0.170. The average molecular weight is 746 g/mol. The Morgan fingerprint density at radius 1 is 0.293 bits per heavy atom.